The zero-order valence-electron chi connectivity index (χ0n) is 10.8. The second-order valence-electron chi connectivity index (χ2n) is 4.26. The number of amides is 1. The van der Waals surface area contributed by atoms with Crippen molar-refractivity contribution < 1.29 is 9.72 Å². The Bertz CT molecular complexity index is 681. The fourth-order valence-electron chi connectivity index (χ4n) is 1.63. The minimum absolute atomic E-state index is 0.180. The lowest BCUT2D eigenvalue weighted by atomic mass is 10.2. The topological polar surface area (TPSA) is 90.1 Å². The van der Waals surface area contributed by atoms with Crippen LogP contribution in [0.3, 0.4) is 0 Å². The summed E-state index contributed by atoms with van der Waals surface area (Å²) < 4.78 is 1.21. The van der Waals surface area contributed by atoms with Crippen molar-refractivity contribution in [3.63, 3.8) is 0 Å². The van der Waals surface area contributed by atoms with Crippen molar-refractivity contribution in [3.8, 4) is 0 Å². The van der Waals surface area contributed by atoms with Crippen molar-refractivity contribution in [3.05, 3.63) is 50.8 Å². The molecule has 0 fully saturated rings. The first-order chi connectivity index (χ1) is 9.86. The molecule has 21 heavy (non-hydrogen) atoms. The van der Waals surface area contributed by atoms with Crippen LogP contribution in [-0.4, -0.2) is 20.6 Å². The minimum atomic E-state index is -0.726. The van der Waals surface area contributed by atoms with E-state index in [4.69, 9.17) is 23.2 Å². The van der Waals surface area contributed by atoms with Gasteiger partial charge in [0.05, 0.1) is 4.92 Å². The van der Waals surface area contributed by atoms with Crippen molar-refractivity contribution >= 4 is 40.5 Å². The van der Waals surface area contributed by atoms with Gasteiger partial charge >= 0.3 is 5.69 Å². The van der Waals surface area contributed by atoms with Gasteiger partial charge in [0.15, 0.2) is 0 Å². The van der Waals surface area contributed by atoms with Crippen LogP contribution in [0.15, 0.2) is 30.6 Å². The minimum Gasteiger partial charge on any atom is -0.324 e. The summed E-state index contributed by atoms with van der Waals surface area (Å²) in [5, 5.41) is 17.8. The summed E-state index contributed by atoms with van der Waals surface area (Å²) in [7, 11) is 0. The maximum absolute atomic E-state index is 12.1. The monoisotopic (exact) mass is 328 g/mol. The first-order valence-electron chi connectivity index (χ1n) is 5.82. The molecule has 0 aliphatic heterocycles. The molecule has 0 aliphatic rings. The summed E-state index contributed by atoms with van der Waals surface area (Å²) in [5.74, 6) is -0.397. The number of nitrogens with zero attached hydrogens (tertiary/aromatic N) is 3. The van der Waals surface area contributed by atoms with Gasteiger partial charge in [-0.1, -0.05) is 23.2 Å². The van der Waals surface area contributed by atoms with E-state index in [1.807, 2.05) is 0 Å². The van der Waals surface area contributed by atoms with E-state index in [-0.39, 0.29) is 5.69 Å². The smallest absolute Gasteiger partial charge is 0.307 e. The second kappa shape index (κ2) is 6.11. The molecule has 1 unspecified atom stereocenters. The van der Waals surface area contributed by atoms with Crippen LogP contribution in [0.5, 0.6) is 0 Å². The number of aromatic nitrogens is 2. The first kappa shape index (κ1) is 15.3. The Morgan fingerprint density at radius 3 is 2.52 bits per heavy atom. The number of hydrogen-bond acceptors (Lipinski definition) is 4. The second-order valence-corrected chi connectivity index (χ2v) is 5.13. The van der Waals surface area contributed by atoms with Gasteiger partial charge in [-0.3, -0.25) is 19.6 Å². The van der Waals surface area contributed by atoms with Crippen LogP contribution in [-0.2, 0) is 4.79 Å². The number of carbonyl (C=O) groups is 1. The lowest BCUT2D eigenvalue weighted by Crippen LogP contribution is -2.24. The van der Waals surface area contributed by atoms with Crippen molar-refractivity contribution in [1.29, 1.82) is 0 Å². The van der Waals surface area contributed by atoms with Crippen LogP contribution in [0, 0.1) is 10.1 Å². The van der Waals surface area contributed by atoms with Crippen LogP contribution in [0.4, 0.5) is 11.4 Å². The molecule has 1 aromatic carbocycles. The predicted molar refractivity (Wildman–Crippen MR) is 78.7 cm³/mol. The quantitative estimate of drug-likeness (QED) is 0.688. The zero-order valence-corrected chi connectivity index (χ0v) is 12.3. The van der Waals surface area contributed by atoms with Crippen molar-refractivity contribution in [2.75, 3.05) is 5.32 Å². The molecule has 0 bridgehead atoms. The maximum atomic E-state index is 12.1. The molecule has 0 spiro atoms. The van der Waals surface area contributed by atoms with Gasteiger partial charge in [-0.05, 0) is 25.1 Å². The molecule has 1 amide bonds. The normalized spacial score (nSPS) is 12.0. The number of rotatable bonds is 4. The molecule has 2 aromatic rings. The van der Waals surface area contributed by atoms with E-state index in [1.54, 1.807) is 25.1 Å². The third-order valence-corrected chi connectivity index (χ3v) is 3.14. The molecule has 0 saturated carbocycles. The summed E-state index contributed by atoms with van der Waals surface area (Å²) >= 11 is 11.7. The van der Waals surface area contributed by atoms with Crippen molar-refractivity contribution in [2.45, 2.75) is 13.0 Å². The number of nitrogens with one attached hydrogen (secondary N) is 1. The molecule has 1 N–H and O–H groups in total. The standard InChI is InChI=1S/C12H10Cl2N4O3/c1-7(17-6-11(5-15-17)18(20)21)12(19)16-10-3-8(13)2-9(14)4-10/h2-7H,1H3,(H,16,19). The highest BCUT2D eigenvalue weighted by Gasteiger charge is 2.19. The lowest BCUT2D eigenvalue weighted by Gasteiger charge is -2.12. The van der Waals surface area contributed by atoms with Gasteiger partial charge in [-0.15, -0.1) is 0 Å². The molecule has 1 atom stereocenters. The first-order valence-corrected chi connectivity index (χ1v) is 6.58. The third kappa shape index (κ3) is 3.71. The number of benzene rings is 1. The Balaban J connectivity index is 2.13. The van der Waals surface area contributed by atoms with E-state index < -0.39 is 16.9 Å². The summed E-state index contributed by atoms with van der Waals surface area (Å²) in [6, 6.07) is 3.91. The summed E-state index contributed by atoms with van der Waals surface area (Å²) in [6.07, 6.45) is 2.27. The van der Waals surface area contributed by atoms with Crippen LogP contribution in [0.1, 0.15) is 13.0 Å². The van der Waals surface area contributed by atoms with Gasteiger partial charge in [0.1, 0.15) is 18.4 Å². The van der Waals surface area contributed by atoms with Crippen molar-refractivity contribution in [1.82, 2.24) is 9.78 Å². The summed E-state index contributed by atoms with van der Waals surface area (Å²) in [4.78, 5) is 22.1. The molecular weight excluding hydrogens is 319 g/mol. The Kier molecular flexibility index (Phi) is 4.44. The van der Waals surface area contributed by atoms with Crippen LogP contribution >= 0.6 is 23.2 Å². The highest BCUT2D eigenvalue weighted by molar-refractivity contribution is 6.35. The Morgan fingerprint density at radius 1 is 1.38 bits per heavy atom. The molecule has 0 saturated heterocycles. The van der Waals surface area contributed by atoms with Gasteiger partial charge in [0.25, 0.3) is 0 Å². The van der Waals surface area contributed by atoms with Gasteiger partial charge < -0.3 is 5.32 Å². The highest BCUT2D eigenvalue weighted by Crippen LogP contribution is 2.23. The molecular formula is C12H10Cl2N4O3. The Morgan fingerprint density at radius 2 is 2.00 bits per heavy atom. The van der Waals surface area contributed by atoms with Crippen molar-refractivity contribution in [2.24, 2.45) is 0 Å². The van der Waals surface area contributed by atoms with E-state index in [0.717, 1.165) is 6.20 Å². The number of carbonyl (C=O) groups excluding carboxylic acids is 1. The Labute approximate surface area is 129 Å². The van der Waals surface area contributed by atoms with E-state index >= 15 is 0 Å². The molecule has 0 aliphatic carbocycles. The molecule has 0 radical (unpaired) electrons. The fraction of sp³-hybridized carbons (Fsp3) is 0.167. The summed E-state index contributed by atoms with van der Waals surface area (Å²) in [6.45, 7) is 1.57. The van der Waals surface area contributed by atoms with Gasteiger partial charge in [-0.2, -0.15) is 5.10 Å². The van der Waals surface area contributed by atoms with E-state index in [1.165, 1.54) is 10.9 Å². The van der Waals surface area contributed by atoms with Crippen LogP contribution < -0.4 is 5.32 Å². The van der Waals surface area contributed by atoms with E-state index in [0.29, 0.717) is 15.7 Å². The molecule has 2 rings (SSSR count). The largest absolute Gasteiger partial charge is 0.324 e. The zero-order chi connectivity index (χ0) is 15.6. The van der Waals surface area contributed by atoms with Gasteiger partial charge in [0, 0.05) is 15.7 Å². The fourth-order valence-corrected chi connectivity index (χ4v) is 2.15. The molecule has 1 heterocycles. The number of anilines is 1. The summed E-state index contributed by atoms with van der Waals surface area (Å²) in [5.41, 5.74) is 0.256. The maximum Gasteiger partial charge on any atom is 0.307 e. The molecule has 9 heteroatoms. The molecule has 1 aromatic heterocycles. The van der Waals surface area contributed by atoms with E-state index in [2.05, 4.69) is 10.4 Å². The van der Waals surface area contributed by atoms with Crippen LogP contribution in [0.25, 0.3) is 0 Å². The number of halogens is 2. The third-order valence-electron chi connectivity index (χ3n) is 2.71. The van der Waals surface area contributed by atoms with Gasteiger partial charge in [0.2, 0.25) is 5.91 Å². The SMILES string of the molecule is CC(C(=O)Nc1cc(Cl)cc(Cl)c1)n1cc([N+](=O)[O-])cn1. The number of nitro groups is 1. The number of hydrogen-bond donors (Lipinski definition) is 1. The van der Waals surface area contributed by atoms with Crippen LogP contribution in [0.2, 0.25) is 10.0 Å². The predicted octanol–water partition coefficient (Wildman–Crippen LogP) is 3.30. The van der Waals surface area contributed by atoms with E-state index in [9.17, 15) is 14.9 Å². The highest BCUT2D eigenvalue weighted by atomic mass is 35.5. The molecule has 110 valence electrons. The van der Waals surface area contributed by atoms with Gasteiger partial charge in [-0.25, -0.2) is 0 Å². The Hall–Kier alpha value is -2.12. The molecule has 7 nitrogen and oxygen atoms in total. The average molecular weight is 329 g/mol. The lowest BCUT2D eigenvalue weighted by molar-refractivity contribution is -0.385. The average Bonchev–Trinajstić information content (AvgIpc) is 2.86.